The van der Waals surface area contributed by atoms with Crippen molar-refractivity contribution < 1.29 is 4.42 Å². The van der Waals surface area contributed by atoms with E-state index in [1.807, 2.05) is 60.0 Å². The Kier molecular flexibility index (Phi) is 2.15. The molecule has 0 amide bonds. The highest BCUT2D eigenvalue weighted by Gasteiger charge is 2.15. The Morgan fingerprint density at radius 2 is 2.00 bits per heavy atom. The quantitative estimate of drug-likeness (QED) is 0.570. The normalized spacial score (nSPS) is 11.4. The molecule has 0 saturated heterocycles. The van der Waals surface area contributed by atoms with Gasteiger partial charge in [-0.15, -0.1) is 0 Å². The molecule has 0 saturated carbocycles. The molecule has 3 aromatic heterocycles. The highest BCUT2D eigenvalue weighted by Crippen LogP contribution is 2.31. The highest BCUT2D eigenvalue weighted by atomic mass is 16.3. The zero-order chi connectivity index (χ0) is 13.7. The molecule has 0 fully saturated rings. The van der Waals surface area contributed by atoms with Gasteiger partial charge in [0.15, 0.2) is 5.76 Å². The predicted octanol–water partition coefficient (Wildman–Crippen LogP) is 3.64. The fourth-order valence-electron chi connectivity index (χ4n) is 2.45. The van der Waals surface area contributed by atoms with Crippen molar-refractivity contribution in [2.24, 2.45) is 0 Å². The Morgan fingerprint density at radius 3 is 2.85 bits per heavy atom. The zero-order valence-corrected chi connectivity index (χ0v) is 11.0. The lowest BCUT2D eigenvalue weighted by molar-refractivity contribution is 0.629. The second-order valence-electron chi connectivity index (χ2n) is 4.93. The molecule has 0 bridgehead atoms. The smallest absolute Gasteiger partial charge is 0.157 e. The molecule has 4 aromatic rings. The summed E-state index contributed by atoms with van der Waals surface area (Å²) in [6.45, 7) is 2.03. The summed E-state index contributed by atoms with van der Waals surface area (Å²) in [6, 6.07) is 13.8. The molecule has 4 rings (SSSR count). The van der Waals surface area contributed by atoms with E-state index in [0.717, 1.165) is 22.2 Å². The number of pyridine rings is 1. The number of anilines is 1. The summed E-state index contributed by atoms with van der Waals surface area (Å²) in [5, 5.41) is 1.05. The van der Waals surface area contributed by atoms with Crippen molar-refractivity contribution in [3.8, 4) is 11.5 Å². The molecular formula is C16H13N3O. The maximum Gasteiger partial charge on any atom is 0.157 e. The van der Waals surface area contributed by atoms with Gasteiger partial charge in [-0.3, -0.25) is 4.40 Å². The minimum absolute atomic E-state index is 0.600. The van der Waals surface area contributed by atoms with Gasteiger partial charge in [0.1, 0.15) is 22.7 Å². The lowest BCUT2D eigenvalue weighted by atomic mass is 10.2. The summed E-state index contributed by atoms with van der Waals surface area (Å²) in [4.78, 5) is 4.56. The molecule has 0 spiro atoms. The molecule has 4 heteroatoms. The minimum atomic E-state index is 0.600. The number of furan rings is 1. The van der Waals surface area contributed by atoms with Gasteiger partial charge in [0, 0.05) is 11.6 Å². The first-order valence-corrected chi connectivity index (χ1v) is 6.45. The van der Waals surface area contributed by atoms with Crippen molar-refractivity contribution in [3.05, 3.63) is 54.2 Å². The fraction of sp³-hybridized carbons (Fsp3) is 0.0625. The number of hydrogen-bond donors (Lipinski definition) is 1. The van der Waals surface area contributed by atoms with Gasteiger partial charge in [0.25, 0.3) is 0 Å². The van der Waals surface area contributed by atoms with Gasteiger partial charge in [-0.05, 0) is 30.7 Å². The van der Waals surface area contributed by atoms with Crippen LogP contribution in [0.1, 0.15) is 5.56 Å². The van der Waals surface area contributed by atoms with Crippen molar-refractivity contribution in [2.75, 3.05) is 5.73 Å². The van der Waals surface area contributed by atoms with Crippen LogP contribution in [0.25, 0.3) is 28.1 Å². The van der Waals surface area contributed by atoms with E-state index in [2.05, 4.69) is 4.98 Å². The third-order valence-corrected chi connectivity index (χ3v) is 3.46. The molecule has 1 aromatic carbocycles. The summed E-state index contributed by atoms with van der Waals surface area (Å²) in [7, 11) is 0. The van der Waals surface area contributed by atoms with Crippen LogP contribution in [-0.4, -0.2) is 9.38 Å². The summed E-state index contributed by atoms with van der Waals surface area (Å²) >= 11 is 0. The van der Waals surface area contributed by atoms with Crippen LogP contribution >= 0.6 is 0 Å². The van der Waals surface area contributed by atoms with Crippen molar-refractivity contribution in [1.29, 1.82) is 0 Å². The van der Waals surface area contributed by atoms with Crippen LogP contribution in [0.2, 0.25) is 0 Å². The van der Waals surface area contributed by atoms with E-state index in [4.69, 9.17) is 10.2 Å². The lowest BCUT2D eigenvalue weighted by Crippen LogP contribution is -1.94. The lowest BCUT2D eigenvalue weighted by Gasteiger charge is -1.97. The number of nitrogens with zero attached hydrogens (tertiary/aromatic N) is 2. The number of nitrogens with two attached hydrogens (primary N) is 1. The average molecular weight is 263 g/mol. The molecule has 0 aliphatic heterocycles. The largest absolute Gasteiger partial charge is 0.454 e. The SMILES string of the molecule is Cc1ccc2nc(-c3cc4ccccc4o3)c(N)n2c1. The van der Waals surface area contributed by atoms with Crippen LogP contribution in [0.3, 0.4) is 0 Å². The Hall–Kier alpha value is -2.75. The van der Waals surface area contributed by atoms with Crippen molar-refractivity contribution in [2.45, 2.75) is 6.92 Å². The van der Waals surface area contributed by atoms with Crippen LogP contribution < -0.4 is 5.73 Å². The highest BCUT2D eigenvalue weighted by molar-refractivity contribution is 5.84. The van der Waals surface area contributed by atoms with Gasteiger partial charge in [0.05, 0.1) is 0 Å². The number of hydrogen-bond acceptors (Lipinski definition) is 3. The molecule has 20 heavy (non-hydrogen) atoms. The van der Waals surface area contributed by atoms with Crippen LogP contribution in [0, 0.1) is 6.92 Å². The summed E-state index contributed by atoms with van der Waals surface area (Å²) in [6.07, 6.45) is 1.98. The number of benzene rings is 1. The molecule has 3 heterocycles. The second-order valence-corrected chi connectivity index (χ2v) is 4.93. The topological polar surface area (TPSA) is 56.5 Å². The third kappa shape index (κ3) is 1.51. The fourth-order valence-corrected chi connectivity index (χ4v) is 2.45. The van der Waals surface area contributed by atoms with Crippen LogP contribution in [-0.2, 0) is 0 Å². The first-order chi connectivity index (χ1) is 9.72. The number of rotatable bonds is 1. The van der Waals surface area contributed by atoms with E-state index in [1.165, 1.54) is 0 Å². The number of imidazole rings is 1. The maximum absolute atomic E-state index is 6.20. The third-order valence-electron chi connectivity index (χ3n) is 3.46. The van der Waals surface area contributed by atoms with E-state index in [-0.39, 0.29) is 0 Å². The van der Waals surface area contributed by atoms with E-state index >= 15 is 0 Å². The average Bonchev–Trinajstić information content (AvgIpc) is 3.01. The second kappa shape index (κ2) is 3.87. The predicted molar refractivity (Wildman–Crippen MR) is 79.5 cm³/mol. The van der Waals surface area contributed by atoms with Crippen molar-refractivity contribution >= 4 is 22.4 Å². The number of para-hydroxylation sites is 1. The summed E-state index contributed by atoms with van der Waals surface area (Å²) in [5.74, 6) is 1.30. The van der Waals surface area contributed by atoms with Crippen LogP contribution in [0.5, 0.6) is 0 Å². The molecule has 0 atom stereocenters. The molecule has 0 radical (unpaired) electrons. The number of aromatic nitrogens is 2. The standard InChI is InChI=1S/C16H13N3O/c1-10-6-7-14-18-15(16(17)19(14)9-10)13-8-11-4-2-3-5-12(11)20-13/h2-9H,17H2,1H3. The van der Waals surface area contributed by atoms with Crippen LogP contribution in [0.4, 0.5) is 5.82 Å². The molecule has 4 nitrogen and oxygen atoms in total. The molecular weight excluding hydrogens is 250 g/mol. The van der Waals surface area contributed by atoms with Gasteiger partial charge < -0.3 is 10.2 Å². The van der Waals surface area contributed by atoms with Crippen molar-refractivity contribution in [3.63, 3.8) is 0 Å². The molecule has 0 aliphatic carbocycles. The first kappa shape index (κ1) is 11.1. The number of nitrogen functional groups attached to an aromatic ring is 1. The maximum atomic E-state index is 6.20. The minimum Gasteiger partial charge on any atom is -0.454 e. The molecule has 0 aliphatic rings. The molecule has 98 valence electrons. The summed E-state index contributed by atoms with van der Waals surface area (Å²) in [5.41, 5.74) is 9.69. The van der Waals surface area contributed by atoms with Crippen molar-refractivity contribution in [1.82, 2.24) is 9.38 Å². The Bertz CT molecular complexity index is 900. The molecule has 2 N–H and O–H groups in total. The Labute approximate surface area is 115 Å². The monoisotopic (exact) mass is 263 g/mol. The van der Waals surface area contributed by atoms with Gasteiger partial charge in [-0.1, -0.05) is 24.3 Å². The molecule has 0 unspecified atom stereocenters. The van der Waals surface area contributed by atoms with E-state index in [1.54, 1.807) is 0 Å². The van der Waals surface area contributed by atoms with E-state index in [0.29, 0.717) is 17.3 Å². The van der Waals surface area contributed by atoms with E-state index < -0.39 is 0 Å². The van der Waals surface area contributed by atoms with Gasteiger partial charge >= 0.3 is 0 Å². The Morgan fingerprint density at radius 1 is 1.15 bits per heavy atom. The van der Waals surface area contributed by atoms with Gasteiger partial charge in [0.2, 0.25) is 0 Å². The Balaban J connectivity index is 1.99. The van der Waals surface area contributed by atoms with E-state index in [9.17, 15) is 0 Å². The van der Waals surface area contributed by atoms with Gasteiger partial charge in [-0.25, -0.2) is 4.98 Å². The van der Waals surface area contributed by atoms with Gasteiger partial charge in [-0.2, -0.15) is 0 Å². The number of fused-ring (bicyclic) bond motifs is 2. The summed E-state index contributed by atoms with van der Waals surface area (Å²) < 4.78 is 7.73. The van der Waals surface area contributed by atoms with Crippen LogP contribution in [0.15, 0.2) is 53.1 Å². The number of aryl methyl sites for hydroxylation is 1. The first-order valence-electron chi connectivity index (χ1n) is 6.45. The zero-order valence-electron chi connectivity index (χ0n) is 11.0.